The van der Waals surface area contributed by atoms with Crippen molar-refractivity contribution >= 4 is 57.5 Å². The predicted octanol–water partition coefficient (Wildman–Crippen LogP) is 4.49. The number of rotatable bonds is 6. The number of morpholine rings is 1. The lowest BCUT2D eigenvalue weighted by Gasteiger charge is -2.27. The van der Waals surface area contributed by atoms with Gasteiger partial charge in [0.05, 0.1) is 21.9 Å². The molecule has 5 rings (SSSR count). The molecule has 0 unspecified atom stereocenters. The lowest BCUT2D eigenvalue weighted by Crippen LogP contribution is -2.41. The van der Waals surface area contributed by atoms with Gasteiger partial charge in [0.2, 0.25) is 5.91 Å². The smallest absolute Gasteiger partial charge is 0.253 e. The van der Waals surface area contributed by atoms with Crippen LogP contribution in [0, 0.1) is 0 Å². The number of amides is 2. The predicted molar refractivity (Wildman–Crippen MR) is 132 cm³/mol. The van der Waals surface area contributed by atoms with Crippen molar-refractivity contribution in [3.05, 3.63) is 51.8 Å². The highest BCUT2D eigenvalue weighted by Gasteiger charge is 2.31. The van der Waals surface area contributed by atoms with Crippen LogP contribution in [0.2, 0.25) is 4.34 Å². The van der Waals surface area contributed by atoms with Crippen LogP contribution in [-0.4, -0.2) is 54.0 Å². The van der Waals surface area contributed by atoms with E-state index in [0.717, 1.165) is 49.9 Å². The zero-order valence-electron chi connectivity index (χ0n) is 17.8. The second-order valence-corrected chi connectivity index (χ2v) is 10.8. The molecule has 2 saturated heterocycles. The van der Waals surface area contributed by atoms with E-state index in [4.69, 9.17) is 16.3 Å². The third kappa shape index (κ3) is 5.12. The number of carbonyl (C=O) groups excluding carboxylic acids is 2. The Morgan fingerprint density at radius 3 is 2.79 bits per heavy atom. The summed E-state index contributed by atoms with van der Waals surface area (Å²) in [5.41, 5.74) is 1.54. The summed E-state index contributed by atoms with van der Waals surface area (Å²) in [6.07, 6.45) is 3.72. The molecule has 2 aliphatic heterocycles. The lowest BCUT2D eigenvalue weighted by atomic mass is 10.2. The van der Waals surface area contributed by atoms with Crippen LogP contribution >= 0.6 is 34.3 Å². The largest absolute Gasteiger partial charge is 0.370 e. The molecule has 10 heteroatoms. The van der Waals surface area contributed by atoms with Crippen molar-refractivity contribution in [1.82, 2.24) is 9.88 Å². The van der Waals surface area contributed by atoms with Crippen molar-refractivity contribution in [1.29, 1.82) is 0 Å². The number of benzene rings is 1. The Labute approximate surface area is 204 Å². The third-order valence-corrected chi connectivity index (χ3v) is 8.18. The van der Waals surface area contributed by atoms with E-state index in [1.54, 1.807) is 16.2 Å². The first-order valence-corrected chi connectivity index (χ1v) is 12.8. The number of halogens is 1. The zero-order chi connectivity index (χ0) is 22.8. The standard InChI is InChI=1S/C23H23ClN4O3S2/c24-20-8-7-19(33-20)23-25-12-17(32-23)13-27-9-1-2-18(27)22(30)26-15-3-5-16(6-4-15)28-10-11-31-14-21(28)29/h3-8,12,18H,1-2,9-11,13-14H2,(H,26,30)/t18-/m1/s1. The molecule has 4 heterocycles. The van der Waals surface area contributed by atoms with Gasteiger partial charge in [-0.25, -0.2) is 4.98 Å². The van der Waals surface area contributed by atoms with Crippen molar-refractivity contribution in [2.24, 2.45) is 0 Å². The molecular formula is C23H23ClN4O3S2. The highest BCUT2D eigenvalue weighted by atomic mass is 35.5. The van der Waals surface area contributed by atoms with E-state index in [1.807, 2.05) is 42.6 Å². The summed E-state index contributed by atoms with van der Waals surface area (Å²) in [6, 6.07) is 11.1. The molecule has 172 valence electrons. The van der Waals surface area contributed by atoms with E-state index in [0.29, 0.717) is 19.7 Å². The number of carbonyl (C=O) groups is 2. The van der Waals surface area contributed by atoms with Crippen molar-refractivity contribution in [3.63, 3.8) is 0 Å². The maximum Gasteiger partial charge on any atom is 0.253 e. The van der Waals surface area contributed by atoms with Crippen molar-refractivity contribution < 1.29 is 14.3 Å². The van der Waals surface area contributed by atoms with Crippen LogP contribution in [0.4, 0.5) is 11.4 Å². The molecule has 0 aliphatic carbocycles. The maximum atomic E-state index is 13.0. The quantitative estimate of drug-likeness (QED) is 0.537. The fourth-order valence-corrected chi connectivity index (χ4v) is 6.22. The van der Waals surface area contributed by atoms with Gasteiger partial charge in [-0.1, -0.05) is 11.6 Å². The summed E-state index contributed by atoms with van der Waals surface area (Å²) in [7, 11) is 0. The SMILES string of the molecule is O=C(Nc1ccc(N2CCOCC2=O)cc1)[C@H]1CCCN1Cc1cnc(-c2ccc(Cl)s2)s1. The highest BCUT2D eigenvalue weighted by molar-refractivity contribution is 7.23. The Morgan fingerprint density at radius 2 is 2.03 bits per heavy atom. The Kier molecular flexibility index (Phi) is 6.75. The minimum atomic E-state index is -0.174. The average molecular weight is 503 g/mol. The Morgan fingerprint density at radius 1 is 1.18 bits per heavy atom. The minimum Gasteiger partial charge on any atom is -0.370 e. The van der Waals surface area contributed by atoms with Crippen LogP contribution in [0.1, 0.15) is 17.7 Å². The molecule has 2 amide bonds. The van der Waals surface area contributed by atoms with Crippen LogP contribution in [0.5, 0.6) is 0 Å². The van der Waals surface area contributed by atoms with Crippen LogP contribution < -0.4 is 10.2 Å². The van der Waals surface area contributed by atoms with Gasteiger partial charge in [0.1, 0.15) is 11.6 Å². The monoisotopic (exact) mass is 502 g/mol. The first-order chi connectivity index (χ1) is 16.1. The van der Waals surface area contributed by atoms with E-state index in [2.05, 4.69) is 15.2 Å². The number of nitrogens with one attached hydrogen (secondary N) is 1. The summed E-state index contributed by atoms with van der Waals surface area (Å²) >= 11 is 9.22. The summed E-state index contributed by atoms with van der Waals surface area (Å²) in [4.78, 5) is 35.7. The van der Waals surface area contributed by atoms with Gasteiger partial charge in [0.25, 0.3) is 5.91 Å². The van der Waals surface area contributed by atoms with Gasteiger partial charge in [-0.2, -0.15) is 0 Å². The second-order valence-electron chi connectivity index (χ2n) is 8.00. The van der Waals surface area contributed by atoms with Crippen LogP contribution in [0.15, 0.2) is 42.6 Å². The van der Waals surface area contributed by atoms with E-state index < -0.39 is 0 Å². The van der Waals surface area contributed by atoms with E-state index >= 15 is 0 Å². The molecule has 1 atom stereocenters. The zero-order valence-corrected chi connectivity index (χ0v) is 20.2. The number of hydrogen-bond acceptors (Lipinski definition) is 7. The Balaban J connectivity index is 1.20. The molecule has 0 bridgehead atoms. The fourth-order valence-electron chi connectivity index (χ4n) is 4.18. The van der Waals surface area contributed by atoms with Crippen LogP contribution in [-0.2, 0) is 20.9 Å². The van der Waals surface area contributed by atoms with Gasteiger partial charge in [-0.3, -0.25) is 14.5 Å². The molecular weight excluding hydrogens is 480 g/mol. The van der Waals surface area contributed by atoms with Crippen molar-refractivity contribution in [2.75, 3.05) is 36.5 Å². The first kappa shape index (κ1) is 22.5. The van der Waals surface area contributed by atoms with E-state index in [9.17, 15) is 9.59 Å². The first-order valence-electron chi connectivity index (χ1n) is 10.8. The molecule has 2 aliphatic rings. The van der Waals surface area contributed by atoms with Crippen molar-refractivity contribution in [3.8, 4) is 9.88 Å². The van der Waals surface area contributed by atoms with Gasteiger partial charge in [0, 0.05) is 35.5 Å². The Bertz CT molecular complexity index is 1150. The number of thiophene rings is 1. The summed E-state index contributed by atoms with van der Waals surface area (Å²) in [6.45, 7) is 2.77. The second kappa shape index (κ2) is 9.90. The van der Waals surface area contributed by atoms with Gasteiger partial charge < -0.3 is 15.0 Å². The highest BCUT2D eigenvalue weighted by Crippen LogP contribution is 2.34. The molecule has 0 radical (unpaired) electrons. The molecule has 2 aromatic heterocycles. The molecule has 1 aromatic carbocycles. The number of aromatic nitrogens is 1. The summed E-state index contributed by atoms with van der Waals surface area (Å²) in [5, 5.41) is 4.00. The molecule has 3 aromatic rings. The normalized spacial score (nSPS) is 19.2. The molecule has 33 heavy (non-hydrogen) atoms. The van der Waals surface area contributed by atoms with E-state index in [-0.39, 0.29) is 24.5 Å². The number of nitrogens with zero attached hydrogens (tertiary/aromatic N) is 3. The molecule has 7 nitrogen and oxygen atoms in total. The summed E-state index contributed by atoms with van der Waals surface area (Å²) in [5.74, 6) is -0.0505. The third-order valence-electron chi connectivity index (χ3n) is 5.80. The fraction of sp³-hybridized carbons (Fsp3) is 0.348. The minimum absolute atomic E-state index is 0.00234. The Hall–Kier alpha value is -2.30. The molecule has 0 saturated carbocycles. The number of anilines is 2. The maximum absolute atomic E-state index is 13.0. The van der Waals surface area contributed by atoms with Gasteiger partial charge in [0.15, 0.2) is 0 Å². The van der Waals surface area contributed by atoms with Crippen molar-refractivity contribution in [2.45, 2.75) is 25.4 Å². The molecule has 0 spiro atoms. The van der Waals surface area contributed by atoms with Gasteiger partial charge in [-0.05, 0) is 55.8 Å². The van der Waals surface area contributed by atoms with Crippen LogP contribution in [0.3, 0.4) is 0 Å². The molecule has 1 N–H and O–H groups in total. The topological polar surface area (TPSA) is 74.8 Å². The molecule has 2 fully saturated rings. The number of likely N-dealkylation sites (tertiary alicyclic amines) is 1. The lowest BCUT2D eigenvalue weighted by molar-refractivity contribution is -0.125. The van der Waals surface area contributed by atoms with Gasteiger partial charge >= 0.3 is 0 Å². The van der Waals surface area contributed by atoms with Gasteiger partial charge in [-0.15, -0.1) is 22.7 Å². The summed E-state index contributed by atoms with van der Waals surface area (Å²) < 4.78 is 5.94. The number of hydrogen-bond donors (Lipinski definition) is 1. The number of ether oxygens (including phenoxy) is 1. The average Bonchev–Trinajstić information content (AvgIpc) is 3.56. The van der Waals surface area contributed by atoms with E-state index in [1.165, 1.54) is 11.3 Å². The van der Waals surface area contributed by atoms with Crippen LogP contribution in [0.25, 0.3) is 9.88 Å². The number of thiazole rings is 1.